The predicted molar refractivity (Wildman–Crippen MR) is 82.9 cm³/mol. The molecular formula is C17H32N2O. The van der Waals surface area contributed by atoms with Gasteiger partial charge in [-0.2, -0.15) is 0 Å². The molecule has 0 radical (unpaired) electrons. The Morgan fingerprint density at radius 1 is 1.10 bits per heavy atom. The maximum absolute atomic E-state index is 5.47. The first-order chi connectivity index (χ1) is 9.62. The highest BCUT2D eigenvalue weighted by molar-refractivity contribution is 4.92. The van der Waals surface area contributed by atoms with Crippen molar-refractivity contribution < 1.29 is 4.74 Å². The Labute approximate surface area is 124 Å². The maximum atomic E-state index is 5.47. The van der Waals surface area contributed by atoms with Crippen LogP contribution in [0.25, 0.3) is 0 Å². The monoisotopic (exact) mass is 280 g/mol. The third-order valence-electron chi connectivity index (χ3n) is 5.33. The van der Waals surface area contributed by atoms with Gasteiger partial charge in [0.05, 0.1) is 0 Å². The van der Waals surface area contributed by atoms with Crippen LogP contribution in [0.5, 0.6) is 0 Å². The summed E-state index contributed by atoms with van der Waals surface area (Å²) in [5.74, 6) is 0.882. The van der Waals surface area contributed by atoms with Crippen molar-refractivity contribution >= 4 is 0 Å². The van der Waals surface area contributed by atoms with Crippen molar-refractivity contribution in [2.75, 3.05) is 32.8 Å². The van der Waals surface area contributed by atoms with Gasteiger partial charge >= 0.3 is 0 Å². The van der Waals surface area contributed by atoms with Gasteiger partial charge in [-0.15, -0.1) is 0 Å². The van der Waals surface area contributed by atoms with E-state index in [2.05, 4.69) is 24.1 Å². The highest BCUT2D eigenvalue weighted by Gasteiger charge is 2.35. The van der Waals surface area contributed by atoms with E-state index in [0.29, 0.717) is 5.41 Å². The quantitative estimate of drug-likeness (QED) is 0.809. The number of hydrogen-bond acceptors (Lipinski definition) is 3. The fraction of sp³-hybridized carbons (Fsp3) is 1.00. The summed E-state index contributed by atoms with van der Waals surface area (Å²) in [6, 6.07) is 1.68. The molecule has 20 heavy (non-hydrogen) atoms. The highest BCUT2D eigenvalue weighted by Crippen LogP contribution is 2.32. The number of likely N-dealkylation sites (tertiary alicyclic amines) is 1. The minimum atomic E-state index is 0.426. The standard InChI is InChI=1S/C17H32N2O/c1-17(2,11-14-6-9-20-10-7-14)13-18-15-5-8-19(12-15)16-3-4-16/h14-16,18H,3-13H2,1-2H3. The van der Waals surface area contributed by atoms with E-state index in [1.54, 1.807) is 0 Å². The Morgan fingerprint density at radius 3 is 2.55 bits per heavy atom. The van der Waals surface area contributed by atoms with Gasteiger partial charge in [0.1, 0.15) is 0 Å². The lowest BCUT2D eigenvalue weighted by Crippen LogP contribution is -2.40. The molecule has 3 fully saturated rings. The largest absolute Gasteiger partial charge is 0.381 e. The summed E-state index contributed by atoms with van der Waals surface area (Å²) in [7, 11) is 0. The van der Waals surface area contributed by atoms with E-state index in [0.717, 1.165) is 31.2 Å². The third kappa shape index (κ3) is 4.19. The maximum Gasteiger partial charge on any atom is 0.0468 e. The van der Waals surface area contributed by atoms with Crippen LogP contribution in [-0.2, 0) is 4.74 Å². The van der Waals surface area contributed by atoms with Crippen LogP contribution in [0, 0.1) is 11.3 Å². The average molecular weight is 280 g/mol. The number of nitrogens with one attached hydrogen (secondary N) is 1. The molecule has 2 aliphatic heterocycles. The van der Waals surface area contributed by atoms with E-state index in [1.165, 1.54) is 58.2 Å². The molecular weight excluding hydrogens is 248 g/mol. The van der Waals surface area contributed by atoms with Gasteiger partial charge in [0, 0.05) is 44.9 Å². The van der Waals surface area contributed by atoms with Crippen molar-refractivity contribution in [2.45, 2.75) is 64.5 Å². The Kier molecular flexibility index (Phi) is 4.68. The molecule has 2 saturated heterocycles. The summed E-state index contributed by atoms with van der Waals surface area (Å²) < 4.78 is 5.47. The summed E-state index contributed by atoms with van der Waals surface area (Å²) in [5.41, 5.74) is 0.426. The zero-order valence-corrected chi connectivity index (χ0v) is 13.4. The average Bonchev–Trinajstić information content (AvgIpc) is 3.16. The number of rotatable bonds is 6. The van der Waals surface area contributed by atoms with E-state index in [1.807, 2.05) is 0 Å². The van der Waals surface area contributed by atoms with Gasteiger partial charge in [-0.1, -0.05) is 13.8 Å². The van der Waals surface area contributed by atoms with E-state index in [4.69, 9.17) is 4.74 Å². The smallest absolute Gasteiger partial charge is 0.0468 e. The molecule has 1 unspecified atom stereocenters. The summed E-state index contributed by atoms with van der Waals surface area (Å²) >= 11 is 0. The Morgan fingerprint density at radius 2 is 1.85 bits per heavy atom. The zero-order chi connectivity index (χ0) is 14.0. The molecule has 0 amide bonds. The second-order valence-corrected chi connectivity index (χ2v) is 8.02. The molecule has 3 nitrogen and oxygen atoms in total. The van der Waals surface area contributed by atoms with E-state index < -0.39 is 0 Å². The summed E-state index contributed by atoms with van der Waals surface area (Å²) in [6.07, 6.45) is 8.13. The van der Waals surface area contributed by atoms with Gasteiger partial charge in [-0.3, -0.25) is 4.90 Å². The van der Waals surface area contributed by atoms with Crippen molar-refractivity contribution in [3.63, 3.8) is 0 Å². The molecule has 0 bridgehead atoms. The molecule has 0 aromatic heterocycles. The molecule has 1 N–H and O–H groups in total. The molecule has 0 aromatic rings. The molecule has 1 saturated carbocycles. The van der Waals surface area contributed by atoms with Gasteiger partial charge < -0.3 is 10.1 Å². The first-order valence-corrected chi connectivity index (χ1v) is 8.68. The Balaban J connectivity index is 1.37. The zero-order valence-electron chi connectivity index (χ0n) is 13.4. The second-order valence-electron chi connectivity index (χ2n) is 8.02. The lowest BCUT2D eigenvalue weighted by atomic mass is 9.79. The number of ether oxygens (including phenoxy) is 1. The minimum Gasteiger partial charge on any atom is -0.381 e. The summed E-state index contributed by atoms with van der Waals surface area (Å²) in [5, 5.41) is 3.85. The lowest BCUT2D eigenvalue weighted by molar-refractivity contribution is 0.0509. The van der Waals surface area contributed by atoms with Gasteiger partial charge in [-0.25, -0.2) is 0 Å². The summed E-state index contributed by atoms with van der Waals surface area (Å²) in [6.45, 7) is 10.6. The molecule has 116 valence electrons. The van der Waals surface area contributed by atoms with Crippen LogP contribution >= 0.6 is 0 Å². The van der Waals surface area contributed by atoms with Crippen molar-refractivity contribution in [2.24, 2.45) is 11.3 Å². The van der Waals surface area contributed by atoms with Gasteiger partial charge in [0.2, 0.25) is 0 Å². The van der Waals surface area contributed by atoms with Gasteiger partial charge in [-0.05, 0) is 49.9 Å². The SMILES string of the molecule is CC(C)(CNC1CCN(C2CC2)C1)CC1CCOCC1. The molecule has 3 rings (SSSR count). The van der Waals surface area contributed by atoms with Crippen LogP contribution in [0.2, 0.25) is 0 Å². The molecule has 0 spiro atoms. The minimum absolute atomic E-state index is 0.426. The summed E-state index contributed by atoms with van der Waals surface area (Å²) in [4.78, 5) is 2.70. The number of hydrogen-bond donors (Lipinski definition) is 1. The van der Waals surface area contributed by atoms with Crippen LogP contribution in [-0.4, -0.2) is 49.8 Å². The molecule has 1 atom stereocenters. The molecule has 0 aromatic carbocycles. The second kappa shape index (κ2) is 6.33. The highest BCUT2D eigenvalue weighted by atomic mass is 16.5. The predicted octanol–water partition coefficient (Wildman–Crippen LogP) is 2.66. The molecule has 2 heterocycles. The molecule has 3 heteroatoms. The molecule has 3 aliphatic rings. The van der Waals surface area contributed by atoms with Crippen LogP contribution in [0.15, 0.2) is 0 Å². The van der Waals surface area contributed by atoms with E-state index in [9.17, 15) is 0 Å². The van der Waals surface area contributed by atoms with Gasteiger partial charge in [0.15, 0.2) is 0 Å². The van der Waals surface area contributed by atoms with Crippen LogP contribution in [0.4, 0.5) is 0 Å². The van der Waals surface area contributed by atoms with Gasteiger partial charge in [0.25, 0.3) is 0 Å². The Bertz CT molecular complexity index is 308. The fourth-order valence-corrected chi connectivity index (χ4v) is 3.95. The topological polar surface area (TPSA) is 24.5 Å². The first kappa shape index (κ1) is 14.8. The van der Waals surface area contributed by atoms with Crippen LogP contribution < -0.4 is 5.32 Å². The van der Waals surface area contributed by atoms with Crippen molar-refractivity contribution in [1.29, 1.82) is 0 Å². The lowest BCUT2D eigenvalue weighted by Gasteiger charge is -2.33. The van der Waals surface area contributed by atoms with Crippen molar-refractivity contribution in [3.05, 3.63) is 0 Å². The van der Waals surface area contributed by atoms with Crippen molar-refractivity contribution in [3.8, 4) is 0 Å². The van der Waals surface area contributed by atoms with Crippen LogP contribution in [0.1, 0.15) is 52.4 Å². The normalized spacial score (nSPS) is 30.0. The third-order valence-corrected chi connectivity index (χ3v) is 5.33. The number of nitrogens with zero attached hydrogens (tertiary/aromatic N) is 1. The van der Waals surface area contributed by atoms with Crippen LogP contribution in [0.3, 0.4) is 0 Å². The van der Waals surface area contributed by atoms with Crippen molar-refractivity contribution in [1.82, 2.24) is 10.2 Å². The fourth-order valence-electron chi connectivity index (χ4n) is 3.95. The molecule has 1 aliphatic carbocycles. The van der Waals surface area contributed by atoms with E-state index >= 15 is 0 Å². The Hall–Kier alpha value is -0.120. The van der Waals surface area contributed by atoms with E-state index in [-0.39, 0.29) is 0 Å². The first-order valence-electron chi connectivity index (χ1n) is 8.68.